The average Bonchev–Trinajstić information content (AvgIpc) is 2.62. The minimum atomic E-state index is -3.62. The van der Waals surface area contributed by atoms with Crippen LogP contribution in [0.15, 0.2) is 47.4 Å². The number of hydrogen-bond donors (Lipinski definition) is 0. The highest BCUT2D eigenvalue weighted by Crippen LogP contribution is 2.26. The molecule has 0 saturated carbocycles. The third-order valence-electron chi connectivity index (χ3n) is 4.81. The SMILES string of the molecule is Cc1cc(C(=O)N(C)[C@@H](C)c2ccccc2)cc(S(=O)(=O)N(C)C)c1C. The molecule has 140 valence electrons. The molecule has 0 aliphatic rings. The van der Waals surface area contributed by atoms with E-state index < -0.39 is 10.0 Å². The number of rotatable bonds is 5. The predicted octanol–water partition coefficient (Wildman–Crippen LogP) is 3.39. The molecule has 2 aromatic carbocycles. The second-order valence-electron chi connectivity index (χ2n) is 6.71. The van der Waals surface area contributed by atoms with Crippen LogP contribution in [0.5, 0.6) is 0 Å². The van der Waals surface area contributed by atoms with Crippen molar-refractivity contribution in [2.24, 2.45) is 0 Å². The molecule has 0 saturated heterocycles. The molecular formula is C20H26N2O3S. The fourth-order valence-corrected chi connectivity index (χ4v) is 3.97. The maximum atomic E-state index is 13.0. The maximum Gasteiger partial charge on any atom is 0.254 e. The first-order valence-corrected chi connectivity index (χ1v) is 9.87. The summed E-state index contributed by atoms with van der Waals surface area (Å²) in [6.45, 7) is 5.53. The van der Waals surface area contributed by atoms with Crippen LogP contribution in [0, 0.1) is 13.8 Å². The number of sulfonamides is 1. The highest BCUT2D eigenvalue weighted by Gasteiger charge is 2.25. The van der Waals surface area contributed by atoms with E-state index in [2.05, 4.69) is 0 Å². The fraction of sp³-hybridized carbons (Fsp3) is 0.350. The van der Waals surface area contributed by atoms with E-state index >= 15 is 0 Å². The van der Waals surface area contributed by atoms with Gasteiger partial charge in [-0.3, -0.25) is 4.79 Å². The van der Waals surface area contributed by atoms with E-state index in [0.717, 1.165) is 11.1 Å². The minimum absolute atomic E-state index is 0.126. The summed E-state index contributed by atoms with van der Waals surface area (Å²) in [7, 11) is 1.09. The first kappa shape index (κ1) is 20.1. The summed E-state index contributed by atoms with van der Waals surface area (Å²) in [6.07, 6.45) is 0. The molecule has 0 heterocycles. The second-order valence-corrected chi connectivity index (χ2v) is 8.83. The van der Waals surface area contributed by atoms with Gasteiger partial charge in [-0.2, -0.15) is 0 Å². The first-order chi connectivity index (χ1) is 12.1. The van der Waals surface area contributed by atoms with Crippen molar-refractivity contribution in [3.05, 3.63) is 64.7 Å². The summed E-state index contributed by atoms with van der Waals surface area (Å²) >= 11 is 0. The first-order valence-electron chi connectivity index (χ1n) is 8.43. The number of carbonyl (C=O) groups is 1. The molecule has 0 spiro atoms. The second kappa shape index (κ2) is 7.60. The van der Waals surface area contributed by atoms with Gasteiger partial charge in [0.25, 0.3) is 5.91 Å². The summed E-state index contributed by atoms with van der Waals surface area (Å²) in [5, 5.41) is 0. The van der Waals surface area contributed by atoms with Crippen LogP contribution in [0.3, 0.4) is 0 Å². The number of hydrogen-bond acceptors (Lipinski definition) is 3. The van der Waals surface area contributed by atoms with Gasteiger partial charge in [0.1, 0.15) is 0 Å². The molecule has 1 atom stereocenters. The molecule has 0 aliphatic heterocycles. The molecule has 5 nitrogen and oxygen atoms in total. The molecule has 0 aromatic heterocycles. The van der Waals surface area contributed by atoms with Crippen molar-refractivity contribution in [2.45, 2.75) is 31.7 Å². The van der Waals surface area contributed by atoms with Crippen molar-refractivity contribution < 1.29 is 13.2 Å². The fourth-order valence-electron chi connectivity index (χ4n) is 2.75. The molecular weight excluding hydrogens is 348 g/mol. The Balaban J connectivity index is 2.45. The highest BCUT2D eigenvalue weighted by atomic mass is 32.2. The van der Waals surface area contributed by atoms with E-state index in [4.69, 9.17) is 0 Å². The Labute approximate surface area is 156 Å². The zero-order valence-corrected chi connectivity index (χ0v) is 17.0. The zero-order valence-electron chi connectivity index (χ0n) is 16.1. The van der Waals surface area contributed by atoms with Crippen LogP contribution in [0.4, 0.5) is 0 Å². The lowest BCUT2D eigenvalue weighted by atomic mass is 10.0. The van der Waals surface area contributed by atoms with Crippen molar-refractivity contribution in [1.29, 1.82) is 0 Å². The lowest BCUT2D eigenvalue weighted by Gasteiger charge is -2.26. The molecule has 2 aromatic rings. The summed E-state index contributed by atoms with van der Waals surface area (Å²) in [4.78, 5) is 14.8. The summed E-state index contributed by atoms with van der Waals surface area (Å²) in [5.74, 6) is -0.209. The van der Waals surface area contributed by atoms with Crippen molar-refractivity contribution in [1.82, 2.24) is 9.21 Å². The van der Waals surface area contributed by atoms with Gasteiger partial charge >= 0.3 is 0 Å². The average molecular weight is 375 g/mol. The molecule has 0 unspecified atom stereocenters. The summed E-state index contributed by atoms with van der Waals surface area (Å²) in [6, 6.07) is 12.8. The smallest absolute Gasteiger partial charge is 0.254 e. The molecule has 0 radical (unpaired) electrons. The monoisotopic (exact) mass is 374 g/mol. The van der Waals surface area contributed by atoms with Crippen LogP contribution >= 0.6 is 0 Å². The van der Waals surface area contributed by atoms with E-state index in [9.17, 15) is 13.2 Å². The van der Waals surface area contributed by atoms with Crippen molar-refractivity contribution in [2.75, 3.05) is 21.1 Å². The van der Waals surface area contributed by atoms with Crippen LogP contribution in [0.25, 0.3) is 0 Å². The molecule has 1 amide bonds. The number of nitrogens with zero attached hydrogens (tertiary/aromatic N) is 2. The van der Waals surface area contributed by atoms with Crippen molar-refractivity contribution >= 4 is 15.9 Å². The van der Waals surface area contributed by atoms with Gasteiger partial charge in [-0.15, -0.1) is 0 Å². The van der Waals surface area contributed by atoms with Gasteiger partial charge in [-0.25, -0.2) is 12.7 Å². The van der Waals surface area contributed by atoms with Crippen molar-refractivity contribution in [3.8, 4) is 0 Å². The Bertz CT molecular complexity index is 906. The topological polar surface area (TPSA) is 57.7 Å². The van der Waals surface area contributed by atoms with Crippen LogP contribution < -0.4 is 0 Å². The number of carbonyl (C=O) groups excluding carboxylic acids is 1. The van der Waals surface area contributed by atoms with Crippen LogP contribution in [-0.2, 0) is 10.0 Å². The van der Waals surface area contributed by atoms with Gasteiger partial charge in [-0.1, -0.05) is 30.3 Å². The molecule has 0 fully saturated rings. The summed E-state index contributed by atoms with van der Waals surface area (Å²) in [5.41, 5.74) is 2.83. The maximum absolute atomic E-state index is 13.0. The number of amides is 1. The largest absolute Gasteiger partial charge is 0.335 e. The van der Waals surface area contributed by atoms with Crippen molar-refractivity contribution in [3.63, 3.8) is 0 Å². The number of benzene rings is 2. The zero-order chi connectivity index (χ0) is 19.6. The third kappa shape index (κ3) is 3.81. The number of aryl methyl sites for hydroxylation is 1. The summed E-state index contributed by atoms with van der Waals surface area (Å²) < 4.78 is 26.4. The van der Waals surface area contributed by atoms with Gasteiger partial charge < -0.3 is 4.90 Å². The Morgan fingerprint density at radius 2 is 1.58 bits per heavy atom. The Morgan fingerprint density at radius 1 is 1.00 bits per heavy atom. The Kier molecular flexibility index (Phi) is 5.88. The normalized spacial score (nSPS) is 12.9. The molecule has 0 bridgehead atoms. The standard InChI is InChI=1S/C20H26N2O3S/c1-14-12-18(13-19(15(14)2)26(24,25)21(4)5)20(23)22(6)16(3)17-10-8-7-9-11-17/h7-13,16H,1-6H3/t16-/m0/s1. The lowest BCUT2D eigenvalue weighted by Crippen LogP contribution is -2.30. The molecule has 0 N–H and O–H groups in total. The van der Waals surface area contributed by atoms with Crippen LogP contribution in [0.1, 0.15) is 40.0 Å². The molecule has 6 heteroatoms. The Hall–Kier alpha value is -2.18. The van der Waals surface area contributed by atoms with Gasteiger partial charge in [0.15, 0.2) is 0 Å². The van der Waals surface area contributed by atoms with E-state index in [-0.39, 0.29) is 16.8 Å². The molecule has 2 rings (SSSR count). The predicted molar refractivity (Wildman–Crippen MR) is 104 cm³/mol. The highest BCUT2D eigenvalue weighted by molar-refractivity contribution is 7.89. The van der Waals surface area contributed by atoms with E-state index in [1.54, 1.807) is 24.9 Å². The van der Waals surface area contributed by atoms with Gasteiger partial charge in [0.05, 0.1) is 10.9 Å². The molecule has 26 heavy (non-hydrogen) atoms. The van der Waals surface area contributed by atoms with Crippen LogP contribution in [0.2, 0.25) is 0 Å². The van der Waals surface area contributed by atoms with E-state index in [1.807, 2.05) is 44.2 Å². The third-order valence-corrected chi connectivity index (χ3v) is 6.75. The van der Waals surface area contributed by atoms with Gasteiger partial charge in [-0.05, 0) is 49.6 Å². The quantitative estimate of drug-likeness (QED) is 0.806. The Morgan fingerprint density at radius 3 is 2.12 bits per heavy atom. The van der Waals surface area contributed by atoms with Gasteiger partial charge in [0.2, 0.25) is 10.0 Å². The molecule has 0 aliphatic carbocycles. The van der Waals surface area contributed by atoms with Gasteiger partial charge in [0, 0.05) is 26.7 Å². The van der Waals surface area contributed by atoms with E-state index in [0.29, 0.717) is 11.1 Å². The lowest BCUT2D eigenvalue weighted by molar-refractivity contribution is 0.0742. The van der Waals surface area contributed by atoms with E-state index in [1.165, 1.54) is 24.5 Å². The van der Waals surface area contributed by atoms with Crippen LogP contribution in [-0.4, -0.2) is 44.7 Å². The minimum Gasteiger partial charge on any atom is -0.335 e.